The number of hydrogen-bond acceptors (Lipinski definition) is 5. The molecule has 1 heterocycles. The third kappa shape index (κ3) is 8.51. The van der Waals surface area contributed by atoms with Crippen LogP contribution in [0, 0.1) is 0 Å². The zero-order chi connectivity index (χ0) is 26.4. The number of unbranched alkanes of at least 4 members (excludes halogenated alkanes) is 2. The Morgan fingerprint density at radius 1 is 0.842 bits per heavy atom. The maximum absolute atomic E-state index is 6.15. The molecule has 0 aliphatic rings. The molecule has 3 N–H and O–H groups in total. The molecule has 0 saturated carbocycles. The summed E-state index contributed by atoms with van der Waals surface area (Å²) in [7, 11) is 0. The molecule has 3 aromatic carbocycles. The SMILES string of the molecule is CC/C=C(\CCCCCOc1cc(-c2ccccc2)cc(-c2ccccc2)n1)NSc1ccc(CN)cc1. The molecule has 4 rings (SSSR count). The second-order valence-electron chi connectivity index (χ2n) is 9.16. The molecule has 0 spiro atoms. The first-order valence-electron chi connectivity index (χ1n) is 13.4. The van der Waals surface area contributed by atoms with Gasteiger partial charge in [-0.25, -0.2) is 4.98 Å². The van der Waals surface area contributed by atoms with Crippen LogP contribution in [0.25, 0.3) is 22.4 Å². The predicted molar refractivity (Wildman–Crippen MR) is 161 cm³/mol. The molecule has 0 amide bonds. The molecule has 1 aromatic heterocycles. The molecule has 0 fully saturated rings. The van der Waals surface area contributed by atoms with Crippen LogP contribution in [0.4, 0.5) is 0 Å². The van der Waals surface area contributed by atoms with E-state index < -0.39 is 0 Å². The Balaban J connectivity index is 1.28. The molecule has 0 aliphatic heterocycles. The highest BCUT2D eigenvalue weighted by atomic mass is 32.2. The van der Waals surface area contributed by atoms with Crippen LogP contribution in [-0.2, 0) is 6.54 Å². The van der Waals surface area contributed by atoms with E-state index in [1.807, 2.05) is 30.3 Å². The molecule has 5 heteroatoms. The topological polar surface area (TPSA) is 60.2 Å². The number of hydrogen-bond donors (Lipinski definition) is 2. The maximum Gasteiger partial charge on any atom is 0.214 e. The lowest BCUT2D eigenvalue weighted by molar-refractivity contribution is 0.294. The van der Waals surface area contributed by atoms with Crippen molar-refractivity contribution >= 4 is 11.9 Å². The van der Waals surface area contributed by atoms with Crippen molar-refractivity contribution in [3.63, 3.8) is 0 Å². The average molecular weight is 524 g/mol. The van der Waals surface area contributed by atoms with Gasteiger partial charge in [0, 0.05) is 28.8 Å². The van der Waals surface area contributed by atoms with Crippen LogP contribution in [-0.4, -0.2) is 11.6 Å². The van der Waals surface area contributed by atoms with Crippen molar-refractivity contribution in [1.29, 1.82) is 0 Å². The summed E-state index contributed by atoms with van der Waals surface area (Å²) in [5.41, 5.74) is 12.4. The van der Waals surface area contributed by atoms with E-state index >= 15 is 0 Å². The van der Waals surface area contributed by atoms with Crippen molar-refractivity contribution in [2.75, 3.05) is 6.61 Å². The molecule has 0 bridgehead atoms. The van der Waals surface area contributed by atoms with E-state index in [4.69, 9.17) is 15.5 Å². The van der Waals surface area contributed by atoms with Crippen LogP contribution in [0.2, 0.25) is 0 Å². The Kier molecular flexibility index (Phi) is 10.9. The van der Waals surface area contributed by atoms with Gasteiger partial charge in [-0.05, 0) is 78.9 Å². The van der Waals surface area contributed by atoms with Gasteiger partial charge < -0.3 is 15.2 Å². The van der Waals surface area contributed by atoms with E-state index in [0.29, 0.717) is 19.0 Å². The fourth-order valence-corrected chi connectivity index (χ4v) is 4.87. The molecule has 4 aromatic rings. The van der Waals surface area contributed by atoms with Gasteiger partial charge in [-0.3, -0.25) is 0 Å². The highest BCUT2D eigenvalue weighted by Crippen LogP contribution is 2.29. The van der Waals surface area contributed by atoms with Crippen molar-refractivity contribution in [2.45, 2.75) is 50.5 Å². The predicted octanol–water partition coefficient (Wildman–Crippen LogP) is 8.40. The molecule has 0 saturated heterocycles. The van der Waals surface area contributed by atoms with E-state index in [0.717, 1.165) is 60.1 Å². The van der Waals surface area contributed by atoms with Crippen molar-refractivity contribution in [3.8, 4) is 28.3 Å². The van der Waals surface area contributed by atoms with Crippen LogP contribution < -0.4 is 15.2 Å². The van der Waals surface area contributed by atoms with Gasteiger partial charge in [0.2, 0.25) is 5.88 Å². The van der Waals surface area contributed by atoms with E-state index in [2.05, 4.69) is 84.5 Å². The number of allylic oxidation sites excluding steroid dienone is 2. The number of ether oxygens (including phenoxy) is 1. The summed E-state index contributed by atoms with van der Waals surface area (Å²) in [4.78, 5) is 6.00. The van der Waals surface area contributed by atoms with Crippen LogP contribution in [0.1, 0.15) is 44.6 Å². The summed E-state index contributed by atoms with van der Waals surface area (Å²) in [6.45, 7) is 3.41. The van der Waals surface area contributed by atoms with Crippen molar-refractivity contribution in [2.24, 2.45) is 5.73 Å². The van der Waals surface area contributed by atoms with Crippen molar-refractivity contribution < 1.29 is 4.74 Å². The molecule has 196 valence electrons. The summed E-state index contributed by atoms with van der Waals surface area (Å²) >= 11 is 1.66. The van der Waals surface area contributed by atoms with E-state index in [9.17, 15) is 0 Å². The first-order chi connectivity index (χ1) is 18.7. The van der Waals surface area contributed by atoms with Crippen LogP contribution in [0.5, 0.6) is 5.88 Å². The minimum absolute atomic E-state index is 0.575. The quantitative estimate of drug-likeness (QED) is 0.128. The molecule has 4 nitrogen and oxygen atoms in total. The van der Waals surface area contributed by atoms with Crippen LogP contribution >= 0.6 is 11.9 Å². The minimum Gasteiger partial charge on any atom is -0.478 e. The highest BCUT2D eigenvalue weighted by molar-refractivity contribution is 7.97. The van der Waals surface area contributed by atoms with Gasteiger partial charge >= 0.3 is 0 Å². The number of nitrogens with one attached hydrogen (secondary N) is 1. The van der Waals surface area contributed by atoms with Crippen LogP contribution in [0.3, 0.4) is 0 Å². The molecule has 0 atom stereocenters. The smallest absolute Gasteiger partial charge is 0.214 e. The van der Waals surface area contributed by atoms with Gasteiger partial charge in [0.15, 0.2) is 0 Å². The number of aromatic nitrogens is 1. The number of nitrogens with two attached hydrogens (primary N) is 1. The lowest BCUT2D eigenvalue weighted by Gasteiger charge is -2.12. The van der Waals surface area contributed by atoms with Gasteiger partial charge in [-0.15, -0.1) is 0 Å². The van der Waals surface area contributed by atoms with Gasteiger partial charge in [-0.2, -0.15) is 0 Å². The summed E-state index contributed by atoms with van der Waals surface area (Å²) in [6, 6.07) is 33.3. The minimum atomic E-state index is 0.575. The molecular formula is C33H37N3OS. The van der Waals surface area contributed by atoms with Crippen LogP contribution in [0.15, 0.2) is 114 Å². The number of benzene rings is 3. The Bertz CT molecular complexity index is 1220. The fraction of sp³-hybridized carbons (Fsp3) is 0.242. The van der Waals surface area contributed by atoms with E-state index in [1.54, 1.807) is 11.9 Å². The van der Waals surface area contributed by atoms with Gasteiger partial charge in [0.25, 0.3) is 0 Å². The van der Waals surface area contributed by atoms with E-state index in [-0.39, 0.29) is 0 Å². The summed E-state index contributed by atoms with van der Waals surface area (Å²) < 4.78 is 9.69. The Hall–Kier alpha value is -3.54. The second-order valence-corrected chi connectivity index (χ2v) is 10.0. The lowest BCUT2D eigenvalue weighted by Crippen LogP contribution is -2.05. The summed E-state index contributed by atoms with van der Waals surface area (Å²) in [5, 5.41) is 0. The van der Waals surface area contributed by atoms with Gasteiger partial charge in [0.1, 0.15) is 0 Å². The molecule has 0 radical (unpaired) electrons. The highest BCUT2D eigenvalue weighted by Gasteiger charge is 2.08. The fourth-order valence-electron chi connectivity index (χ4n) is 4.16. The Labute approximate surface area is 231 Å². The standard InChI is InChI=1S/C33H37N3OS/c1-2-12-30(36-38-31-20-18-26(25-34)19-21-31)17-10-5-11-22-37-33-24-29(27-13-6-3-7-14-27)23-32(35-33)28-15-8-4-9-16-28/h3-4,6-9,12-16,18-21,23-24,36H,2,5,10-11,17,22,25,34H2,1H3/b30-12+. The zero-order valence-corrected chi connectivity index (χ0v) is 22.9. The number of rotatable bonds is 14. The first-order valence-corrected chi connectivity index (χ1v) is 14.2. The molecule has 0 aliphatic carbocycles. The number of pyridine rings is 1. The Morgan fingerprint density at radius 2 is 1.55 bits per heavy atom. The molecule has 0 unspecified atom stereocenters. The van der Waals surface area contributed by atoms with Crippen molar-refractivity contribution in [3.05, 3.63) is 114 Å². The zero-order valence-electron chi connectivity index (χ0n) is 22.1. The third-order valence-electron chi connectivity index (χ3n) is 6.23. The van der Waals surface area contributed by atoms with Gasteiger partial charge in [-0.1, -0.05) is 85.8 Å². The second kappa shape index (κ2) is 15.0. The van der Waals surface area contributed by atoms with Gasteiger partial charge in [0.05, 0.1) is 12.3 Å². The largest absolute Gasteiger partial charge is 0.478 e. The first kappa shape index (κ1) is 27.5. The van der Waals surface area contributed by atoms with Crippen molar-refractivity contribution in [1.82, 2.24) is 9.71 Å². The molecular weight excluding hydrogens is 486 g/mol. The summed E-state index contributed by atoms with van der Waals surface area (Å²) in [5.74, 6) is 0.676. The monoisotopic (exact) mass is 523 g/mol. The summed E-state index contributed by atoms with van der Waals surface area (Å²) in [6.07, 6.45) is 7.53. The molecule has 38 heavy (non-hydrogen) atoms. The normalized spacial score (nSPS) is 11.4. The maximum atomic E-state index is 6.15. The lowest BCUT2D eigenvalue weighted by atomic mass is 10.0. The third-order valence-corrected chi connectivity index (χ3v) is 7.10. The Morgan fingerprint density at radius 3 is 2.24 bits per heavy atom. The number of nitrogens with zero attached hydrogens (tertiary/aromatic N) is 1. The average Bonchev–Trinajstić information content (AvgIpc) is 2.98. The van der Waals surface area contributed by atoms with E-state index in [1.165, 1.54) is 10.6 Å².